The Labute approximate surface area is 134 Å². The number of hydrogen-bond donors (Lipinski definition) is 3. The first-order valence-electron chi connectivity index (χ1n) is 5.82. The summed E-state index contributed by atoms with van der Waals surface area (Å²) in [4.78, 5) is 11.6. The Bertz CT molecular complexity index is 859. The van der Waals surface area contributed by atoms with E-state index in [0.29, 0.717) is 4.47 Å². The van der Waals surface area contributed by atoms with Crippen molar-refractivity contribution in [2.75, 3.05) is 10.0 Å². The van der Waals surface area contributed by atoms with E-state index >= 15 is 0 Å². The highest BCUT2D eigenvalue weighted by Crippen LogP contribution is 2.29. The molecule has 2 aromatic rings. The molecule has 0 amide bonds. The fourth-order valence-corrected chi connectivity index (χ4v) is 2.43. The van der Waals surface area contributed by atoms with Gasteiger partial charge < -0.3 is 9.88 Å². The van der Waals surface area contributed by atoms with Crippen molar-refractivity contribution in [1.82, 2.24) is 4.57 Å². The molecule has 0 unspecified atom stereocenters. The molecule has 0 saturated heterocycles. The lowest BCUT2D eigenvalue weighted by Gasteiger charge is -2.14. The summed E-state index contributed by atoms with van der Waals surface area (Å²) in [5.74, 6) is -1.93. The van der Waals surface area contributed by atoms with Gasteiger partial charge in [0.1, 0.15) is 11.5 Å². The first-order valence-corrected chi connectivity index (χ1v) is 7.79. The molecule has 1 heterocycles. The number of benzene rings is 1. The molecule has 2 N–H and O–H groups in total. The van der Waals surface area contributed by atoms with Crippen molar-refractivity contribution in [3.63, 3.8) is 0 Å². The Morgan fingerprint density at radius 2 is 1.91 bits per heavy atom. The zero-order valence-corrected chi connectivity index (χ0v) is 13.5. The van der Waals surface area contributed by atoms with Crippen LogP contribution in [-0.4, -0.2) is 13.0 Å². The van der Waals surface area contributed by atoms with E-state index in [9.17, 15) is 22.0 Å². The van der Waals surface area contributed by atoms with Gasteiger partial charge in [0.2, 0.25) is 16.7 Å². The lowest BCUT2D eigenvalue weighted by Crippen LogP contribution is -2.22. The quantitative estimate of drug-likeness (QED) is 0.695. The van der Waals surface area contributed by atoms with E-state index in [-0.39, 0.29) is 11.4 Å². The van der Waals surface area contributed by atoms with Crippen LogP contribution in [0.25, 0.3) is 0 Å². The van der Waals surface area contributed by atoms with E-state index in [1.807, 2.05) is 4.72 Å². The molecule has 0 saturated carbocycles. The van der Waals surface area contributed by atoms with Gasteiger partial charge in [0, 0.05) is 17.7 Å². The average Bonchev–Trinajstić information content (AvgIpc) is 2.42. The Hall–Kier alpha value is -1.94. The van der Waals surface area contributed by atoms with Crippen molar-refractivity contribution in [1.29, 1.82) is 0 Å². The second-order valence-electron chi connectivity index (χ2n) is 4.27. The maximum atomic E-state index is 14.1. The smallest absolute Gasteiger partial charge is 0.288 e. The topological polar surface area (TPSA) is 80.2 Å². The molecule has 0 bridgehead atoms. The second-order valence-corrected chi connectivity index (χ2v) is 5.92. The number of pyridine rings is 1. The minimum absolute atomic E-state index is 0.112. The largest absolute Gasteiger partial charge is 0.349 e. The summed E-state index contributed by atoms with van der Waals surface area (Å²) >= 11 is 3.08. The van der Waals surface area contributed by atoms with Crippen LogP contribution >= 0.6 is 15.9 Å². The maximum absolute atomic E-state index is 14.1. The highest BCUT2D eigenvalue weighted by Gasteiger charge is 2.16. The third-order valence-electron chi connectivity index (χ3n) is 2.72. The van der Waals surface area contributed by atoms with Gasteiger partial charge in [-0.1, -0.05) is 15.9 Å². The highest BCUT2D eigenvalue weighted by atomic mass is 79.9. The van der Waals surface area contributed by atoms with Gasteiger partial charge in [0.25, 0.3) is 5.56 Å². The predicted octanol–water partition coefficient (Wildman–Crippen LogP) is 2.11. The van der Waals surface area contributed by atoms with Crippen LogP contribution in [0.3, 0.4) is 0 Å². The van der Waals surface area contributed by atoms with Gasteiger partial charge in [-0.2, -0.15) is 4.39 Å². The molecular formula is C12H10BrF2N3O3S. The zero-order chi connectivity index (χ0) is 16.4. The monoisotopic (exact) mass is 393 g/mol. The van der Waals surface area contributed by atoms with Gasteiger partial charge in [-0.25, -0.2) is 12.8 Å². The van der Waals surface area contributed by atoms with Crippen molar-refractivity contribution in [3.05, 3.63) is 50.9 Å². The van der Waals surface area contributed by atoms with E-state index < -0.39 is 33.8 Å². The van der Waals surface area contributed by atoms with Crippen LogP contribution in [0.15, 0.2) is 33.7 Å². The number of nitrogens with zero attached hydrogens (tertiary/aromatic N) is 1. The van der Waals surface area contributed by atoms with Crippen LogP contribution in [0.1, 0.15) is 0 Å². The number of thiol groups is 1. The highest BCUT2D eigenvalue weighted by molar-refractivity contribution is 9.10. The molecule has 0 aliphatic rings. The van der Waals surface area contributed by atoms with E-state index in [4.69, 9.17) is 0 Å². The van der Waals surface area contributed by atoms with Crippen LogP contribution in [0.5, 0.6) is 0 Å². The van der Waals surface area contributed by atoms with Crippen LogP contribution in [0, 0.1) is 11.6 Å². The molecule has 22 heavy (non-hydrogen) atoms. The van der Waals surface area contributed by atoms with Crippen molar-refractivity contribution >= 4 is 43.9 Å². The normalized spacial score (nSPS) is 10.8. The molecule has 1 aromatic heterocycles. The summed E-state index contributed by atoms with van der Waals surface area (Å²) in [5, 5.41) is 2.40. The van der Waals surface area contributed by atoms with E-state index in [2.05, 4.69) is 21.2 Å². The predicted molar refractivity (Wildman–Crippen MR) is 83.0 cm³/mol. The Kier molecular flexibility index (Phi) is 4.81. The summed E-state index contributed by atoms with van der Waals surface area (Å²) in [5.41, 5.74) is -1.76. The average molecular weight is 394 g/mol. The molecule has 10 heteroatoms. The van der Waals surface area contributed by atoms with Gasteiger partial charge in [-0.05, 0) is 18.2 Å². The zero-order valence-electron chi connectivity index (χ0n) is 11.1. The first kappa shape index (κ1) is 16.4. The van der Waals surface area contributed by atoms with E-state index in [1.165, 1.54) is 19.2 Å². The summed E-state index contributed by atoms with van der Waals surface area (Å²) in [6.07, 6.45) is 1.09. The number of halogens is 3. The lowest BCUT2D eigenvalue weighted by molar-refractivity contribution is 0.594. The van der Waals surface area contributed by atoms with E-state index in [1.54, 1.807) is 0 Å². The van der Waals surface area contributed by atoms with Crippen LogP contribution in [0.4, 0.5) is 25.8 Å². The number of rotatable bonds is 4. The third kappa shape index (κ3) is 3.45. The van der Waals surface area contributed by atoms with Crippen molar-refractivity contribution in [2.45, 2.75) is 0 Å². The Balaban J connectivity index is 2.57. The number of aromatic nitrogens is 1. The molecule has 0 radical (unpaired) electrons. The SMILES string of the molecule is Cn1cc(N[SH](=O)=O)c(Nc2ccc(Br)cc2F)c(F)c1=O. The molecular weight excluding hydrogens is 384 g/mol. The summed E-state index contributed by atoms with van der Waals surface area (Å²) in [7, 11) is -1.83. The molecule has 0 aliphatic heterocycles. The summed E-state index contributed by atoms with van der Waals surface area (Å²) in [6.45, 7) is 0. The van der Waals surface area contributed by atoms with Crippen LogP contribution in [-0.2, 0) is 17.9 Å². The Morgan fingerprint density at radius 3 is 2.50 bits per heavy atom. The molecule has 0 fully saturated rings. The molecule has 0 aliphatic carbocycles. The minimum atomic E-state index is -3.09. The number of aryl methyl sites for hydroxylation is 1. The van der Waals surface area contributed by atoms with Gasteiger partial charge in [-0.3, -0.25) is 9.52 Å². The lowest BCUT2D eigenvalue weighted by atomic mass is 10.2. The van der Waals surface area contributed by atoms with Crippen LogP contribution in [0.2, 0.25) is 0 Å². The van der Waals surface area contributed by atoms with Crippen LogP contribution < -0.4 is 15.6 Å². The molecule has 0 spiro atoms. The van der Waals surface area contributed by atoms with Crippen molar-refractivity contribution < 1.29 is 17.2 Å². The molecule has 118 valence electrons. The first-order chi connectivity index (χ1) is 10.3. The second kappa shape index (κ2) is 6.44. The third-order valence-corrected chi connectivity index (χ3v) is 3.64. The summed E-state index contributed by atoms with van der Waals surface area (Å²) in [6, 6.07) is 3.96. The van der Waals surface area contributed by atoms with Gasteiger partial charge in [0.05, 0.1) is 11.4 Å². The van der Waals surface area contributed by atoms with E-state index in [0.717, 1.165) is 16.8 Å². The fourth-order valence-electron chi connectivity index (χ4n) is 1.73. The molecule has 1 aromatic carbocycles. The minimum Gasteiger partial charge on any atom is -0.349 e. The maximum Gasteiger partial charge on any atom is 0.288 e. The standard InChI is InChI=1S/C12H10BrF2N3O3S/c1-18-5-9(17-22(20)21)11(10(15)12(18)19)16-8-3-2-6(13)4-7(8)14/h2-5,16,22H,1H3,(H,17,20,21). The molecule has 6 nitrogen and oxygen atoms in total. The fraction of sp³-hybridized carbons (Fsp3) is 0.0833. The number of anilines is 3. The summed E-state index contributed by atoms with van der Waals surface area (Å²) < 4.78 is 52.9. The number of hydrogen-bond acceptors (Lipinski definition) is 4. The van der Waals surface area contributed by atoms with Crippen molar-refractivity contribution in [2.24, 2.45) is 7.05 Å². The van der Waals surface area contributed by atoms with Crippen molar-refractivity contribution in [3.8, 4) is 0 Å². The van der Waals surface area contributed by atoms with Gasteiger partial charge >= 0.3 is 0 Å². The number of nitrogens with one attached hydrogen (secondary N) is 2. The Morgan fingerprint density at radius 1 is 1.23 bits per heavy atom. The van der Waals surface area contributed by atoms with Gasteiger partial charge in [0.15, 0.2) is 0 Å². The molecule has 2 rings (SSSR count). The molecule has 0 atom stereocenters. The van der Waals surface area contributed by atoms with Gasteiger partial charge in [-0.15, -0.1) is 0 Å².